The Bertz CT molecular complexity index is 1090. The minimum absolute atomic E-state index is 0.0584. The zero-order valence-corrected chi connectivity index (χ0v) is 19.1. The second-order valence-electron chi connectivity index (χ2n) is 7.96. The minimum Gasteiger partial charge on any atom is -0.345 e. The molecule has 0 spiro atoms. The summed E-state index contributed by atoms with van der Waals surface area (Å²) in [6, 6.07) is 23.2. The van der Waals surface area contributed by atoms with Gasteiger partial charge in [-0.05, 0) is 53.5 Å². The van der Waals surface area contributed by atoms with Gasteiger partial charge in [-0.1, -0.05) is 61.5 Å². The van der Waals surface area contributed by atoms with Crippen molar-refractivity contribution in [2.75, 3.05) is 18.5 Å². The SMILES string of the molecule is CCCN(C)C(=O)Cc1ccc(N(Cc2cccc(F)c2)C(=O)/C=C/c2ccccc2)cc1. The first-order valence-electron chi connectivity index (χ1n) is 11.1. The highest BCUT2D eigenvalue weighted by atomic mass is 19.1. The monoisotopic (exact) mass is 444 g/mol. The summed E-state index contributed by atoms with van der Waals surface area (Å²) in [4.78, 5) is 28.8. The number of halogens is 1. The summed E-state index contributed by atoms with van der Waals surface area (Å²) in [5, 5.41) is 0. The first kappa shape index (κ1) is 23.9. The molecule has 0 aliphatic carbocycles. The fraction of sp³-hybridized carbons (Fsp3) is 0.214. The third-order valence-corrected chi connectivity index (χ3v) is 5.30. The van der Waals surface area contributed by atoms with Crippen LogP contribution in [0, 0.1) is 5.82 Å². The Labute approximate surface area is 195 Å². The third kappa shape index (κ3) is 7.14. The highest BCUT2D eigenvalue weighted by Crippen LogP contribution is 2.20. The van der Waals surface area contributed by atoms with E-state index in [1.165, 1.54) is 18.2 Å². The number of hydrogen-bond donors (Lipinski definition) is 0. The topological polar surface area (TPSA) is 40.6 Å². The summed E-state index contributed by atoms with van der Waals surface area (Å²) in [7, 11) is 1.80. The van der Waals surface area contributed by atoms with Gasteiger partial charge in [-0.25, -0.2) is 4.39 Å². The molecule has 33 heavy (non-hydrogen) atoms. The van der Waals surface area contributed by atoms with E-state index in [1.54, 1.807) is 35.1 Å². The Morgan fingerprint density at radius 1 is 0.909 bits per heavy atom. The van der Waals surface area contributed by atoms with Crippen molar-refractivity contribution >= 4 is 23.6 Å². The molecule has 5 heteroatoms. The first-order chi connectivity index (χ1) is 16.0. The Kier molecular flexibility index (Phi) is 8.53. The molecule has 0 heterocycles. The van der Waals surface area contributed by atoms with E-state index in [0.29, 0.717) is 17.7 Å². The van der Waals surface area contributed by atoms with Crippen LogP contribution in [0.15, 0.2) is 84.9 Å². The molecule has 0 bridgehead atoms. The van der Waals surface area contributed by atoms with Crippen LogP contribution < -0.4 is 4.90 Å². The van der Waals surface area contributed by atoms with E-state index in [4.69, 9.17) is 0 Å². The summed E-state index contributed by atoms with van der Waals surface area (Å²) >= 11 is 0. The average Bonchev–Trinajstić information content (AvgIpc) is 2.82. The molecule has 3 rings (SSSR count). The normalized spacial score (nSPS) is 10.9. The second kappa shape index (κ2) is 11.8. The standard InChI is InChI=1S/C28H29FN2O2/c1-3-18-30(2)28(33)20-23-12-15-26(16-13-23)31(21-24-10-7-11-25(29)19-24)27(32)17-14-22-8-5-4-6-9-22/h4-17,19H,3,18,20-21H2,1-2H3/b17-14+. The van der Waals surface area contributed by atoms with Crippen molar-refractivity contribution in [1.82, 2.24) is 4.90 Å². The van der Waals surface area contributed by atoms with E-state index in [1.807, 2.05) is 61.5 Å². The maximum atomic E-state index is 13.7. The Balaban J connectivity index is 1.81. The lowest BCUT2D eigenvalue weighted by Crippen LogP contribution is -2.29. The quantitative estimate of drug-likeness (QED) is 0.410. The van der Waals surface area contributed by atoms with E-state index in [9.17, 15) is 14.0 Å². The van der Waals surface area contributed by atoms with Gasteiger partial charge < -0.3 is 9.80 Å². The van der Waals surface area contributed by atoms with Crippen LogP contribution >= 0.6 is 0 Å². The molecule has 0 saturated heterocycles. The number of rotatable bonds is 9. The zero-order valence-electron chi connectivity index (χ0n) is 19.1. The largest absolute Gasteiger partial charge is 0.345 e. The molecule has 0 N–H and O–H groups in total. The fourth-order valence-corrected chi connectivity index (χ4v) is 3.50. The molecule has 3 aromatic carbocycles. The maximum absolute atomic E-state index is 13.7. The van der Waals surface area contributed by atoms with Crippen LogP contribution in [0.2, 0.25) is 0 Å². The summed E-state index contributed by atoms with van der Waals surface area (Å²) in [5.41, 5.74) is 3.17. The summed E-state index contributed by atoms with van der Waals surface area (Å²) in [5.74, 6) is -0.498. The summed E-state index contributed by atoms with van der Waals surface area (Å²) in [6.45, 7) is 2.99. The van der Waals surface area contributed by atoms with Crippen molar-refractivity contribution in [2.24, 2.45) is 0 Å². The summed E-state index contributed by atoms with van der Waals surface area (Å²) in [6.07, 6.45) is 4.50. The number of carbonyl (C=O) groups is 2. The molecule has 0 aliphatic heterocycles. The van der Waals surface area contributed by atoms with Gasteiger partial charge in [-0.15, -0.1) is 0 Å². The molecule has 0 radical (unpaired) electrons. The fourth-order valence-electron chi connectivity index (χ4n) is 3.50. The lowest BCUT2D eigenvalue weighted by Gasteiger charge is -2.22. The van der Waals surface area contributed by atoms with Crippen molar-refractivity contribution in [3.05, 3.63) is 107 Å². The van der Waals surface area contributed by atoms with Gasteiger partial charge in [-0.2, -0.15) is 0 Å². The Morgan fingerprint density at radius 2 is 1.64 bits per heavy atom. The minimum atomic E-state index is -0.343. The number of nitrogens with zero attached hydrogens (tertiary/aromatic N) is 2. The van der Waals surface area contributed by atoms with Crippen LogP contribution in [0.4, 0.5) is 10.1 Å². The lowest BCUT2D eigenvalue weighted by molar-refractivity contribution is -0.129. The lowest BCUT2D eigenvalue weighted by atomic mass is 10.1. The molecular formula is C28H29FN2O2. The molecule has 0 fully saturated rings. The van der Waals surface area contributed by atoms with Crippen molar-refractivity contribution in [2.45, 2.75) is 26.3 Å². The highest BCUT2D eigenvalue weighted by molar-refractivity contribution is 6.03. The van der Waals surface area contributed by atoms with E-state index < -0.39 is 0 Å². The molecular weight excluding hydrogens is 415 g/mol. The van der Waals surface area contributed by atoms with Gasteiger partial charge in [0.2, 0.25) is 5.91 Å². The van der Waals surface area contributed by atoms with Gasteiger partial charge in [-0.3, -0.25) is 9.59 Å². The van der Waals surface area contributed by atoms with Crippen LogP contribution in [0.5, 0.6) is 0 Å². The van der Waals surface area contributed by atoms with Crippen molar-refractivity contribution in [3.63, 3.8) is 0 Å². The van der Waals surface area contributed by atoms with Crippen molar-refractivity contribution < 1.29 is 14.0 Å². The highest BCUT2D eigenvalue weighted by Gasteiger charge is 2.15. The van der Waals surface area contributed by atoms with Crippen molar-refractivity contribution in [1.29, 1.82) is 0 Å². The van der Waals surface area contributed by atoms with Gasteiger partial charge >= 0.3 is 0 Å². The van der Waals surface area contributed by atoms with Crippen LogP contribution in [0.25, 0.3) is 6.08 Å². The van der Waals surface area contributed by atoms with E-state index in [2.05, 4.69) is 0 Å². The predicted octanol–water partition coefficient (Wildman–Crippen LogP) is 5.48. The van der Waals surface area contributed by atoms with Crippen LogP contribution in [0.3, 0.4) is 0 Å². The molecule has 3 aromatic rings. The molecule has 0 aliphatic rings. The van der Waals surface area contributed by atoms with Gasteiger partial charge in [0.15, 0.2) is 0 Å². The van der Waals surface area contributed by atoms with Crippen LogP contribution in [-0.4, -0.2) is 30.3 Å². The average molecular weight is 445 g/mol. The zero-order chi connectivity index (χ0) is 23.6. The van der Waals surface area contributed by atoms with Gasteiger partial charge in [0.05, 0.1) is 13.0 Å². The van der Waals surface area contributed by atoms with Crippen LogP contribution in [0.1, 0.15) is 30.0 Å². The Hall–Kier alpha value is -3.73. The molecule has 170 valence electrons. The van der Waals surface area contributed by atoms with Gasteiger partial charge in [0, 0.05) is 25.4 Å². The summed E-state index contributed by atoms with van der Waals surface area (Å²) < 4.78 is 13.7. The van der Waals surface area contributed by atoms with E-state index in [0.717, 1.165) is 24.1 Å². The van der Waals surface area contributed by atoms with E-state index >= 15 is 0 Å². The smallest absolute Gasteiger partial charge is 0.251 e. The van der Waals surface area contributed by atoms with Crippen molar-refractivity contribution in [3.8, 4) is 0 Å². The number of benzene rings is 3. The molecule has 4 nitrogen and oxygen atoms in total. The van der Waals surface area contributed by atoms with E-state index in [-0.39, 0.29) is 24.2 Å². The number of likely N-dealkylation sites (N-methyl/N-ethyl adjacent to an activating group) is 1. The molecule has 0 saturated carbocycles. The third-order valence-electron chi connectivity index (χ3n) is 5.30. The van der Waals surface area contributed by atoms with Crippen LogP contribution in [-0.2, 0) is 22.6 Å². The number of anilines is 1. The van der Waals surface area contributed by atoms with Gasteiger partial charge in [0.25, 0.3) is 5.91 Å². The number of carbonyl (C=O) groups excluding carboxylic acids is 2. The molecule has 0 aromatic heterocycles. The van der Waals surface area contributed by atoms with Gasteiger partial charge in [0.1, 0.15) is 5.82 Å². The number of amides is 2. The maximum Gasteiger partial charge on any atom is 0.251 e. The number of hydrogen-bond acceptors (Lipinski definition) is 2. The molecule has 0 atom stereocenters. The molecule has 0 unspecified atom stereocenters. The predicted molar refractivity (Wildman–Crippen MR) is 131 cm³/mol. The second-order valence-corrected chi connectivity index (χ2v) is 7.96. The molecule has 2 amide bonds. The Morgan fingerprint density at radius 3 is 2.30 bits per heavy atom. The first-order valence-corrected chi connectivity index (χ1v) is 11.1.